The summed E-state index contributed by atoms with van der Waals surface area (Å²) in [6.45, 7) is 13.5. The average molecular weight is 522 g/mol. The summed E-state index contributed by atoms with van der Waals surface area (Å²) in [5.74, 6) is 0. The highest BCUT2D eigenvalue weighted by Crippen LogP contribution is 2.58. The van der Waals surface area contributed by atoms with E-state index >= 15 is 0 Å². The number of fused-ring (bicyclic) bond motifs is 3. The summed E-state index contributed by atoms with van der Waals surface area (Å²) < 4.78 is 0. The summed E-state index contributed by atoms with van der Waals surface area (Å²) in [5.41, 5.74) is 15.5. The Morgan fingerprint density at radius 1 is 0.575 bits per heavy atom. The first kappa shape index (κ1) is 26.1. The van der Waals surface area contributed by atoms with Crippen LogP contribution in [0.15, 0.2) is 109 Å². The molecule has 200 valence electrons. The first-order chi connectivity index (χ1) is 19.4. The molecule has 1 heteroatoms. The molecule has 1 nitrogen and oxygen atoms in total. The lowest BCUT2D eigenvalue weighted by Gasteiger charge is -2.37. The number of rotatable bonds is 6. The molecule has 0 bridgehead atoms. The van der Waals surface area contributed by atoms with Crippen LogP contribution in [0, 0.1) is 20.8 Å². The summed E-state index contributed by atoms with van der Waals surface area (Å²) in [5, 5.41) is 0. The number of hydrogen-bond donors (Lipinski definition) is 0. The minimum absolute atomic E-state index is 0.308. The Morgan fingerprint density at radius 2 is 1.10 bits per heavy atom. The smallest absolute Gasteiger partial charge is 0.0719 e. The maximum Gasteiger partial charge on any atom is 0.0719 e. The standard InChI is InChI=1S/C39H39N/c1-7-30-17-19-31(20-18-30)40(26(2)3)32-21-23-34-33-22-16-27(4)24-37(33)39(38(34)25-32,35-14-10-8-12-28(35)5)36-15-11-9-13-29(36)6/h8-26H,7H2,1-6H3. The van der Waals surface area contributed by atoms with Crippen molar-refractivity contribution >= 4 is 11.4 Å². The van der Waals surface area contributed by atoms with Crippen molar-refractivity contribution in [2.75, 3.05) is 4.90 Å². The van der Waals surface area contributed by atoms with Crippen molar-refractivity contribution in [2.45, 2.75) is 59.4 Å². The van der Waals surface area contributed by atoms with E-state index in [-0.39, 0.29) is 0 Å². The molecular formula is C39H39N. The van der Waals surface area contributed by atoms with Gasteiger partial charge in [-0.2, -0.15) is 0 Å². The largest absolute Gasteiger partial charge is 0.339 e. The van der Waals surface area contributed by atoms with E-state index in [9.17, 15) is 0 Å². The fraction of sp³-hybridized carbons (Fsp3) is 0.231. The van der Waals surface area contributed by atoms with Gasteiger partial charge in [-0.25, -0.2) is 0 Å². The Morgan fingerprint density at radius 3 is 1.65 bits per heavy atom. The molecule has 0 amide bonds. The van der Waals surface area contributed by atoms with E-state index in [2.05, 4.69) is 156 Å². The fourth-order valence-electron chi connectivity index (χ4n) is 6.93. The predicted octanol–water partition coefficient (Wildman–Crippen LogP) is 10.1. The monoisotopic (exact) mass is 521 g/mol. The van der Waals surface area contributed by atoms with E-state index in [4.69, 9.17) is 0 Å². The van der Waals surface area contributed by atoms with Crippen LogP contribution in [0.2, 0.25) is 0 Å². The van der Waals surface area contributed by atoms with Crippen molar-refractivity contribution in [3.63, 3.8) is 0 Å². The van der Waals surface area contributed by atoms with Gasteiger partial charge in [0.15, 0.2) is 0 Å². The quantitative estimate of drug-likeness (QED) is 0.211. The molecule has 0 spiro atoms. The van der Waals surface area contributed by atoms with Crippen LogP contribution in [-0.4, -0.2) is 6.04 Å². The third kappa shape index (κ3) is 3.99. The van der Waals surface area contributed by atoms with Crippen LogP contribution in [0.25, 0.3) is 11.1 Å². The van der Waals surface area contributed by atoms with Gasteiger partial charge in [-0.3, -0.25) is 0 Å². The van der Waals surface area contributed by atoms with Gasteiger partial charge < -0.3 is 4.90 Å². The van der Waals surface area contributed by atoms with Crippen LogP contribution in [0.1, 0.15) is 65.3 Å². The highest BCUT2D eigenvalue weighted by atomic mass is 15.2. The molecule has 0 atom stereocenters. The predicted molar refractivity (Wildman–Crippen MR) is 171 cm³/mol. The van der Waals surface area contributed by atoms with Gasteiger partial charge in [-0.05, 0) is 115 Å². The van der Waals surface area contributed by atoms with E-state index in [1.165, 1.54) is 67.0 Å². The Hall–Kier alpha value is -4.10. The third-order valence-electron chi connectivity index (χ3n) is 8.79. The molecule has 0 saturated carbocycles. The lowest BCUT2D eigenvalue weighted by atomic mass is 9.65. The fourth-order valence-corrected chi connectivity index (χ4v) is 6.93. The van der Waals surface area contributed by atoms with Crippen molar-refractivity contribution in [1.29, 1.82) is 0 Å². The lowest BCUT2D eigenvalue weighted by molar-refractivity contribution is 0.748. The molecule has 0 heterocycles. The SMILES string of the molecule is CCc1ccc(N(c2ccc3c(c2)C(c2ccccc2C)(c2ccccc2C)c2cc(C)ccc2-3)C(C)C)cc1. The molecule has 0 unspecified atom stereocenters. The second-order valence-corrected chi connectivity index (χ2v) is 11.6. The summed E-state index contributed by atoms with van der Waals surface area (Å²) in [4.78, 5) is 2.48. The normalized spacial score (nSPS) is 13.3. The van der Waals surface area contributed by atoms with Gasteiger partial charge in [0.25, 0.3) is 0 Å². The van der Waals surface area contributed by atoms with E-state index < -0.39 is 5.41 Å². The molecule has 0 N–H and O–H groups in total. The Kier molecular flexibility index (Phi) is 6.62. The maximum absolute atomic E-state index is 2.48. The summed E-state index contributed by atoms with van der Waals surface area (Å²) in [6, 6.07) is 41.6. The topological polar surface area (TPSA) is 3.24 Å². The Balaban J connectivity index is 1.70. The van der Waals surface area contributed by atoms with Crippen LogP contribution in [0.5, 0.6) is 0 Å². The van der Waals surface area contributed by atoms with Crippen LogP contribution >= 0.6 is 0 Å². The Labute approximate surface area is 240 Å². The first-order valence-electron chi connectivity index (χ1n) is 14.6. The molecule has 1 aliphatic carbocycles. The molecule has 0 fully saturated rings. The molecule has 0 saturated heterocycles. The summed E-state index contributed by atoms with van der Waals surface area (Å²) in [7, 11) is 0. The zero-order chi connectivity index (χ0) is 28.0. The molecule has 0 radical (unpaired) electrons. The number of hydrogen-bond acceptors (Lipinski definition) is 1. The van der Waals surface area contributed by atoms with Crippen LogP contribution in [0.4, 0.5) is 11.4 Å². The van der Waals surface area contributed by atoms with Crippen molar-refractivity contribution in [3.8, 4) is 11.1 Å². The van der Waals surface area contributed by atoms with E-state index in [0.29, 0.717) is 6.04 Å². The maximum atomic E-state index is 2.48. The van der Waals surface area contributed by atoms with E-state index in [0.717, 1.165) is 6.42 Å². The second-order valence-electron chi connectivity index (χ2n) is 11.6. The molecule has 5 aromatic carbocycles. The van der Waals surface area contributed by atoms with E-state index in [1.54, 1.807) is 0 Å². The van der Waals surface area contributed by atoms with Crippen molar-refractivity contribution in [1.82, 2.24) is 0 Å². The minimum atomic E-state index is -0.405. The van der Waals surface area contributed by atoms with Crippen molar-refractivity contribution in [3.05, 3.63) is 154 Å². The first-order valence-corrected chi connectivity index (χ1v) is 14.6. The molecule has 5 aromatic rings. The molecule has 0 aliphatic heterocycles. The summed E-state index contributed by atoms with van der Waals surface area (Å²) >= 11 is 0. The second kappa shape index (κ2) is 10.1. The molecule has 0 aromatic heterocycles. The van der Waals surface area contributed by atoms with Crippen LogP contribution in [0.3, 0.4) is 0 Å². The van der Waals surface area contributed by atoms with E-state index in [1.807, 2.05) is 0 Å². The van der Waals surface area contributed by atoms with Gasteiger partial charge in [0.05, 0.1) is 5.41 Å². The van der Waals surface area contributed by atoms with Crippen LogP contribution < -0.4 is 4.90 Å². The van der Waals surface area contributed by atoms with Gasteiger partial charge in [0, 0.05) is 17.4 Å². The number of benzene rings is 5. The third-order valence-corrected chi connectivity index (χ3v) is 8.79. The molecular weight excluding hydrogens is 482 g/mol. The zero-order valence-corrected chi connectivity index (χ0v) is 24.6. The highest BCUT2D eigenvalue weighted by Gasteiger charge is 2.47. The highest BCUT2D eigenvalue weighted by molar-refractivity contribution is 5.89. The molecule has 1 aliphatic rings. The van der Waals surface area contributed by atoms with Gasteiger partial charge in [0.2, 0.25) is 0 Å². The van der Waals surface area contributed by atoms with Gasteiger partial charge in [-0.15, -0.1) is 0 Å². The summed E-state index contributed by atoms with van der Waals surface area (Å²) in [6.07, 6.45) is 1.05. The van der Waals surface area contributed by atoms with Gasteiger partial charge >= 0.3 is 0 Å². The van der Waals surface area contributed by atoms with Crippen molar-refractivity contribution in [2.24, 2.45) is 0 Å². The van der Waals surface area contributed by atoms with Gasteiger partial charge in [-0.1, -0.05) is 97.4 Å². The number of aryl methyl sites for hydroxylation is 4. The average Bonchev–Trinajstić information content (AvgIpc) is 3.23. The van der Waals surface area contributed by atoms with Crippen molar-refractivity contribution < 1.29 is 0 Å². The van der Waals surface area contributed by atoms with Crippen LogP contribution in [-0.2, 0) is 11.8 Å². The molecule has 40 heavy (non-hydrogen) atoms. The zero-order valence-electron chi connectivity index (χ0n) is 24.6. The number of nitrogens with zero attached hydrogens (tertiary/aromatic N) is 1. The lowest BCUT2D eigenvalue weighted by Crippen LogP contribution is -2.31. The minimum Gasteiger partial charge on any atom is -0.339 e. The Bertz CT molecular complexity index is 1640. The van der Waals surface area contributed by atoms with Gasteiger partial charge in [0.1, 0.15) is 0 Å². The number of anilines is 2. The molecule has 6 rings (SSSR count).